The van der Waals surface area contributed by atoms with Crippen LogP contribution in [0.15, 0.2) is 23.3 Å². The fourth-order valence-corrected chi connectivity index (χ4v) is 5.12. The molecule has 0 heterocycles. The van der Waals surface area contributed by atoms with Crippen molar-refractivity contribution in [2.75, 3.05) is 26.2 Å². The summed E-state index contributed by atoms with van der Waals surface area (Å²) in [7, 11) is 0. The lowest BCUT2D eigenvalue weighted by Crippen LogP contribution is -2.39. The molecule has 2 aliphatic rings. The highest BCUT2D eigenvalue weighted by atomic mass is 14.9. The van der Waals surface area contributed by atoms with E-state index in [1.165, 1.54) is 12.8 Å². The van der Waals surface area contributed by atoms with Gasteiger partial charge in [-0.1, -0.05) is 51.0 Å². The van der Waals surface area contributed by atoms with Crippen LogP contribution in [0.5, 0.6) is 0 Å². The van der Waals surface area contributed by atoms with Crippen molar-refractivity contribution in [3.8, 4) is 0 Å². The Morgan fingerprint density at radius 1 is 0.750 bits per heavy atom. The Morgan fingerprint density at radius 2 is 1.12 bits per heavy atom. The van der Waals surface area contributed by atoms with E-state index in [-0.39, 0.29) is 0 Å². The molecule has 0 aromatic carbocycles. The van der Waals surface area contributed by atoms with Gasteiger partial charge in [-0.05, 0) is 75.3 Å². The van der Waals surface area contributed by atoms with Crippen LogP contribution < -0.4 is 10.6 Å². The zero-order valence-corrected chi connectivity index (χ0v) is 16.9. The van der Waals surface area contributed by atoms with Crippen LogP contribution in [-0.4, -0.2) is 26.2 Å². The fraction of sp³-hybridized carbons (Fsp3) is 0.818. The average Bonchev–Trinajstić information content (AvgIpc) is 2.46. The summed E-state index contributed by atoms with van der Waals surface area (Å²) >= 11 is 0. The van der Waals surface area contributed by atoms with E-state index >= 15 is 0 Å². The van der Waals surface area contributed by atoms with Gasteiger partial charge in [0.2, 0.25) is 0 Å². The largest absolute Gasteiger partial charge is 0.315 e. The second kappa shape index (κ2) is 9.20. The fourth-order valence-electron chi connectivity index (χ4n) is 5.12. The van der Waals surface area contributed by atoms with Crippen LogP contribution in [0.3, 0.4) is 0 Å². The molecule has 0 fully saturated rings. The van der Waals surface area contributed by atoms with Gasteiger partial charge in [-0.15, -0.1) is 0 Å². The number of rotatable bonds is 7. The van der Waals surface area contributed by atoms with Crippen molar-refractivity contribution < 1.29 is 0 Å². The molecule has 0 aliphatic heterocycles. The molecule has 0 aromatic heterocycles. The second-order valence-electron chi connectivity index (χ2n) is 8.84. The maximum Gasteiger partial charge on any atom is 0.00768 e. The quantitative estimate of drug-likeness (QED) is 0.524. The molecule has 2 nitrogen and oxygen atoms in total. The van der Waals surface area contributed by atoms with Crippen molar-refractivity contribution in [2.45, 2.75) is 54.4 Å². The van der Waals surface area contributed by atoms with Gasteiger partial charge in [-0.3, -0.25) is 0 Å². The SMILES string of the molecule is CC1=C[C@H](C)[C@@H](CNCCNC[C@H]2[C@H](C)C=C(C)C[C@@H]2C)[C@H](C)C1. The van der Waals surface area contributed by atoms with Crippen molar-refractivity contribution in [3.63, 3.8) is 0 Å². The van der Waals surface area contributed by atoms with Crippen LogP contribution in [0.25, 0.3) is 0 Å². The second-order valence-corrected chi connectivity index (χ2v) is 8.84. The molecule has 138 valence electrons. The summed E-state index contributed by atoms with van der Waals surface area (Å²) in [4.78, 5) is 0. The molecule has 2 rings (SSSR count). The van der Waals surface area contributed by atoms with E-state index in [1.807, 2.05) is 0 Å². The summed E-state index contributed by atoms with van der Waals surface area (Å²) in [5.41, 5.74) is 3.15. The van der Waals surface area contributed by atoms with E-state index < -0.39 is 0 Å². The molecule has 0 unspecified atom stereocenters. The minimum absolute atomic E-state index is 0.716. The molecule has 2 heteroatoms. The first-order chi connectivity index (χ1) is 11.4. The number of nitrogens with one attached hydrogen (secondary N) is 2. The molecule has 6 atom stereocenters. The smallest absolute Gasteiger partial charge is 0.00768 e. The molecule has 0 saturated carbocycles. The van der Waals surface area contributed by atoms with E-state index in [4.69, 9.17) is 0 Å². The third-order valence-electron chi connectivity index (χ3n) is 6.43. The predicted octanol–water partition coefficient (Wildman–Crippen LogP) is 4.64. The summed E-state index contributed by atoms with van der Waals surface area (Å²) in [6.07, 6.45) is 7.51. The Labute approximate surface area is 150 Å². The van der Waals surface area contributed by atoms with Crippen molar-refractivity contribution >= 4 is 0 Å². The molecule has 2 N–H and O–H groups in total. The van der Waals surface area contributed by atoms with E-state index in [9.17, 15) is 0 Å². The molecule has 0 amide bonds. The van der Waals surface area contributed by atoms with Crippen LogP contribution in [0.1, 0.15) is 54.4 Å². The Morgan fingerprint density at radius 3 is 1.46 bits per heavy atom. The number of hydrogen-bond acceptors (Lipinski definition) is 2. The van der Waals surface area contributed by atoms with Crippen LogP contribution in [0, 0.1) is 35.5 Å². The average molecular weight is 333 g/mol. The number of hydrogen-bond donors (Lipinski definition) is 2. The minimum Gasteiger partial charge on any atom is -0.315 e. The van der Waals surface area contributed by atoms with Gasteiger partial charge in [0.05, 0.1) is 0 Å². The van der Waals surface area contributed by atoms with Gasteiger partial charge < -0.3 is 10.6 Å². The van der Waals surface area contributed by atoms with Gasteiger partial charge >= 0.3 is 0 Å². The third kappa shape index (κ3) is 5.46. The Hall–Kier alpha value is -0.600. The molecule has 0 spiro atoms. The summed E-state index contributed by atoms with van der Waals surface area (Å²) in [5, 5.41) is 7.39. The maximum absolute atomic E-state index is 3.69. The summed E-state index contributed by atoms with van der Waals surface area (Å²) in [6.45, 7) is 18.6. The molecule has 24 heavy (non-hydrogen) atoms. The lowest BCUT2D eigenvalue weighted by Gasteiger charge is -2.34. The predicted molar refractivity (Wildman–Crippen MR) is 106 cm³/mol. The van der Waals surface area contributed by atoms with Crippen LogP contribution >= 0.6 is 0 Å². The molecule has 0 aromatic rings. The Bertz CT molecular complexity index is 409. The van der Waals surface area contributed by atoms with E-state index in [0.29, 0.717) is 11.8 Å². The van der Waals surface area contributed by atoms with Crippen molar-refractivity contribution in [3.05, 3.63) is 23.3 Å². The topological polar surface area (TPSA) is 24.1 Å². The molecular formula is C22H40N2. The highest BCUT2D eigenvalue weighted by Gasteiger charge is 2.27. The van der Waals surface area contributed by atoms with Crippen LogP contribution in [0.2, 0.25) is 0 Å². The van der Waals surface area contributed by atoms with Gasteiger partial charge in [-0.2, -0.15) is 0 Å². The lowest BCUT2D eigenvalue weighted by molar-refractivity contribution is 0.253. The molecule has 2 aliphatic carbocycles. The lowest BCUT2D eigenvalue weighted by atomic mass is 9.75. The summed E-state index contributed by atoms with van der Waals surface area (Å²) in [5.74, 6) is 4.63. The molecule has 0 bridgehead atoms. The Balaban J connectivity index is 1.62. The molecule has 0 saturated heterocycles. The zero-order valence-electron chi connectivity index (χ0n) is 16.9. The first-order valence-electron chi connectivity index (χ1n) is 10.1. The first kappa shape index (κ1) is 19.7. The van der Waals surface area contributed by atoms with Crippen LogP contribution in [-0.2, 0) is 0 Å². The Kier molecular flexibility index (Phi) is 7.56. The summed E-state index contributed by atoms with van der Waals surface area (Å²) in [6, 6.07) is 0. The molecular weight excluding hydrogens is 292 g/mol. The highest BCUT2D eigenvalue weighted by Crippen LogP contribution is 2.33. The van der Waals surface area contributed by atoms with Gasteiger partial charge in [0.1, 0.15) is 0 Å². The van der Waals surface area contributed by atoms with E-state index in [0.717, 1.165) is 49.9 Å². The van der Waals surface area contributed by atoms with E-state index in [1.54, 1.807) is 11.1 Å². The van der Waals surface area contributed by atoms with Gasteiger partial charge in [0, 0.05) is 13.1 Å². The first-order valence-corrected chi connectivity index (χ1v) is 10.1. The van der Waals surface area contributed by atoms with Gasteiger partial charge in [0.15, 0.2) is 0 Å². The minimum atomic E-state index is 0.716. The van der Waals surface area contributed by atoms with E-state index in [2.05, 4.69) is 64.3 Å². The monoisotopic (exact) mass is 332 g/mol. The zero-order chi connectivity index (χ0) is 17.7. The van der Waals surface area contributed by atoms with Gasteiger partial charge in [-0.25, -0.2) is 0 Å². The standard InChI is InChI=1S/C22H40N2/c1-15-9-17(3)21(18(4)10-15)13-23-7-8-24-14-22-19(5)11-16(2)12-20(22)6/h9,11,17-24H,7-8,10,12-14H2,1-6H3/t17-,18+,19+,20-,21+,22-. The maximum atomic E-state index is 3.69. The van der Waals surface area contributed by atoms with Crippen molar-refractivity contribution in [1.29, 1.82) is 0 Å². The van der Waals surface area contributed by atoms with Crippen molar-refractivity contribution in [1.82, 2.24) is 10.6 Å². The van der Waals surface area contributed by atoms with Gasteiger partial charge in [0.25, 0.3) is 0 Å². The number of allylic oxidation sites excluding steroid dienone is 4. The molecule has 0 radical (unpaired) electrons. The highest BCUT2D eigenvalue weighted by molar-refractivity contribution is 5.09. The third-order valence-corrected chi connectivity index (χ3v) is 6.43. The van der Waals surface area contributed by atoms with Crippen molar-refractivity contribution in [2.24, 2.45) is 35.5 Å². The van der Waals surface area contributed by atoms with Crippen LogP contribution in [0.4, 0.5) is 0 Å². The normalized spacial score (nSPS) is 37.1. The summed E-state index contributed by atoms with van der Waals surface area (Å²) < 4.78 is 0.